The van der Waals surface area contributed by atoms with E-state index in [1.807, 2.05) is 33.2 Å². The van der Waals surface area contributed by atoms with Gasteiger partial charge in [0.1, 0.15) is 0 Å². The molecule has 2 aromatic rings. The second-order valence-electron chi connectivity index (χ2n) is 5.31. The summed E-state index contributed by atoms with van der Waals surface area (Å²) in [5, 5.41) is 9.45. The third-order valence-electron chi connectivity index (χ3n) is 3.36. The van der Waals surface area contributed by atoms with Gasteiger partial charge in [-0.25, -0.2) is 4.79 Å². The van der Waals surface area contributed by atoms with Crippen LogP contribution in [0, 0.1) is 6.92 Å². The van der Waals surface area contributed by atoms with Gasteiger partial charge >= 0.3 is 6.03 Å². The Kier molecular flexibility index (Phi) is 5.03. The highest BCUT2D eigenvalue weighted by molar-refractivity contribution is 5.74. The molecule has 0 aromatic carbocycles. The maximum atomic E-state index is 11.8. The van der Waals surface area contributed by atoms with Crippen molar-refractivity contribution in [1.82, 2.24) is 20.4 Å². The van der Waals surface area contributed by atoms with E-state index in [9.17, 15) is 4.79 Å². The standard InChI is InChI=1S/C15H22N4O2/c1-11(6-7-13-5-4-8-19(13)3)17-15(20)16-10-14-9-12(2)18-21-14/h4-5,8-9,11H,6-7,10H2,1-3H3,(H2,16,17,20). The number of urea groups is 1. The molecule has 2 rings (SSSR count). The lowest BCUT2D eigenvalue weighted by Gasteiger charge is -2.14. The van der Waals surface area contributed by atoms with Crippen molar-refractivity contribution in [2.45, 2.75) is 39.3 Å². The molecule has 2 N–H and O–H groups in total. The van der Waals surface area contributed by atoms with Gasteiger partial charge in [0.25, 0.3) is 0 Å². The fraction of sp³-hybridized carbons (Fsp3) is 0.467. The third kappa shape index (κ3) is 4.66. The van der Waals surface area contributed by atoms with Gasteiger partial charge < -0.3 is 19.7 Å². The van der Waals surface area contributed by atoms with Crippen molar-refractivity contribution in [2.24, 2.45) is 7.05 Å². The number of carbonyl (C=O) groups is 1. The zero-order valence-electron chi connectivity index (χ0n) is 12.7. The number of hydrogen-bond donors (Lipinski definition) is 2. The fourth-order valence-electron chi connectivity index (χ4n) is 2.13. The molecule has 0 fully saturated rings. The molecule has 2 heterocycles. The average Bonchev–Trinajstić information content (AvgIpc) is 3.03. The van der Waals surface area contributed by atoms with Crippen LogP contribution in [0.1, 0.15) is 30.5 Å². The van der Waals surface area contributed by atoms with Crippen molar-refractivity contribution in [2.75, 3.05) is 0 Å². The van der Waals surface area contributed by atoms with Crippen LogP contribution in [0.25, 0.3) is 0 Å². The quantitative estimate of drug-likeness (QED) is 0.856. The highest BCUT2D eigenvalue weighted by Gasteiger charge is 2.09. The Balaban J connectivity index is 1.68. The van der Waals surface area contributed by atoms with Gasteiger partial charge in [-0.3, -0.25) is 0 Å². The lowest BCUT2D eigenvalue weighted by molar-refractivity contribution is 0.235. The van der Waals surface area contributed by atoms with Gasteiger partial charge in [0.2, 0.25) is 0 Å². The average molecular weight is 290 g/mol. The van der Waals surface area contributed by atoms with Crippen LogP contribution >= 0.6 is 0 Å². The largest absolute Gasteiger partial charge is 0.359 e. The minimum Gasteiger partial charge on any atom is -0.359 e. The van der Waals surface area contributed by atoms with Crippen LogP contribution in [0.3, 0.4) is 0 Å². The summed E-state index contributed by atoms with van der Waals surface area (Å²) < 4.78 is 7.13. The lowest BCUT2D eigenvalue weighted by Crippen LogP contribution is -2.40. The molecule has 1 atom stereocenters. The molecule has 0 spiro atoms. The summed E-state index contributed by atoms with van der Waals surface area (Å²) in [6.45, 7) is 4.19. The number of rotatable bonds is 6. The van der Waals surface area contributed by atoms with Gasteiger partial charge in [-0.15, -0.1) is 0 Å². The molecule has 0 saturated heterocycles. The van der Waals surface area contributed by atoms with E-state index in [1.54, 1.807) is 6.07 Å². The van der Waals surface area contributed by atoms with E-state index in [0.717, 1.165) is 18.5 Å². The third-order valence-corrected chi connectivity index (χ3v) is 3.36. The molecule has 6 nitrogen and oxygen atoms in total. The van der Waals surface area contributed by atoms with Crippen molar-refractivity contribution < 1.29 is 9.32 Å². The summed E-state index contributed by atoms with van der Waals surface area (Å²) in [4.78, 5) is 11.8. The van der Waals surface area contributed by atoms with Crippen LogP contribution in [0.4, 0.5) is 4.79 Å². The first-order valence-corrected chi connectivity index (χ1v) is 7.11. The summed E-state index contributed by atoms with van der Waals surface area (Å²) in [5.41, 5.74) is 2.07. The number of aryl methyl sites for hydroxylation is 3. The summed E-state index contributed by atoms with van der Waals surface area (Å²) >= 11 is 0. The van der Waals surface area contributed by atoms with E-state index in [-0.39, 0.29) is 12.1 Å². The Bertz CT molecular complexity index is 588. The van der Waals surface area contributed by atoms with E-state index < -0.39 is 0 Å². The molecule has 6 heteroatoms. The number of hydrogen-bond acceptors (Lipinski definition) is 3. The van der Waals surface area contributed by atoms with E-state index >= 15 is 0 Å². The van der Waals surface area contributed by atoms with E-state index in [4.69, 9.17) is 4.52 Å². The van der Waals surface area contributed by atoms with Gasteiger partial charge in [0, 0.05) is 31.0 Å². The summed E-state index contributed by atoms with van der Waals surface area (Å²) in [5.74, 6) is 0.652. The fourth-order valence-corrected chi connectivity index (χ4v) is 2.13. The zero-order chi connectivity index (χ0) is 15.2. The van der Waals surface area contributed by atoms with E-state index in [1.165, 1.54) is 5.69 Å². The maximum absolute atomic E-state index is 11.8. The van der Waals surface area contributed by atoms with Crippen LogP contribution in [0.15, 0.2) is 28.9 Å². The monoisotopic (exact) mass is 290 g/mol. The lowest BCUT2D eigenvalue weighted by atomic mass is 10.1. The van der Waals surface area contributed by atoms with E-state index in [0.29, 0.717) is 12.3 Å². The molecule has 2 amide bonds. The molecule has 0 aliphatic heterocycles. The molecular weight excluding hydrogens is 268 g/mol. The van der Waals surface area contributed by atoms with Crippen LogP contribution in [0.5, 0.6) is 0 Å². The summed E-state index contributed by atoms with van der Waals surface area (Å²) in [7, 11) is 2.03. The number of aromatic nitrogens is 2. The zero-order valence-corrected chi connectivity index (χ0v) is 12.7. The smallest absolute Gasteiger partial charge is 0.315 e. The number of nitrogens with one attached hydrogen (secondary N) is 2. The molecule has 0 bridgehead atoms. The van der Waals surface area contributed by atoms with Crippen LogP contribution in [-0.4, -0.2) is 21.8 Å². The Morgan fingerprint density at radius 2 is 2.33 bits per heavy atom. The van der Waals surface area contributed by atoms with Gasteiger partial charge in [0.15, 0.2) is 5.76 Å². The Labute approximate surface area is 124 Å². The van der Waals surface area contributed by atoms with Crippen molar-refractivity contribution in [3.63, 3.8) is 0 Å². The molecule has 0 radical (unpaired) electrons. The minimum atomic E-state index is -0.191. The Morgan fingerprint density at radius 1 is 1.52 bits per heavy atom. The normalized spacial score (nSPS) is 12.1. The molecule has 0 aliphatic rings. The van der Waals surface area contributed by atoms with Crippen molar-refractivity contribution in [3.8, 4) is 0 Å². The number of carbonyl (C=O) groups excluding carboxylic acids is 1. The second kappa shape index (κ2) is 6.97. The number of nitrogens with zero attached hydrogens (tertiary/aromatic N) is 2. The highest BCUT2D eigenvalue weighted by Crippen LogP contribution is 2.05. The van der Waals surface area contributed by atoms with E-state index in [2.05, 4.69) is 26.4 Å². The molecular formula is C15H22N4O2. The van der Waals surface area contributed by atoms with Gasteiger partial charge in [-0.05, 0) is 38.8 Å². The Hall–Kier alpha value is -2.24. The Morgan fingerprint density at radius 3 is 2.95 bits per heavy atom. The summed E-state index contributed by atoms with van der Waals surface area (Å²) in [6, 6.07) is 5.84. The predicted octanol–water partition coefficient (Wildman–Crippen LogP) is 2.14. The first-order chi connectivity index (χ1) is 10.0. The molecule has 0 saturated carbocycles. The molecule has 2 aromatic heterocycles. The van der Waals surface area contributed by atoms with Gasteiger partial charge in [-0.2, -0.15) is 0 Å². The highest BCUT2D eigenvalue weighted by atomic mass is 16.5. The first kappa shape index (κ1) is 15.2. The molecule has 114 valence electrons. The molecule has 1 unspecified atom stereocenters. The topological polar surface area (TPSA) is 72.1 Å². The van der Waals surface area contributed by atoms with Crippen molar-refractivity contribution in [1.29, 1.82) is 0 Å². The second-order valence-corrected chi connectivity index (χ2v) is 5.31. The van der Waals surface area contributed by atoms with Crippen LogP contribution in [-0.2, 0) is 20.0 Å². The maximum Gasteiger partial charge on any atom is 0.315 e. The predicted molar refractivity (Wildman–Crippen MR) is 79.8 cm³/mol. The number of amides is 2. The van der Waals surface area contributed by atoms with Gasteiger partial charge in [-0.1, -0.05) is 5.16 Å². The van der Waals surface area contributed by atoms with Crippen molar-refractivity contribution in [3.05, 3.63) is 41.5 Å². The molecule has 0 aliphatic carbocycles. The first-order valence-electron chi connectivity index (χ1n) is 7.11. The van der Waals surface area contributed by atoms with Crippen LogP contribution in [0.2, 0.25) is 0 Å². The minimum absolute atomic E-state index is 0.108. The SMILES string of the molecule is Cc1cc(CNC(=O)NC(C)CCc2cccn2C)on1. The van der Waals surface area contributed by atoms with Crippen LogP contribution < -0.4 is 10.6 Å². The van der Waals surface area contributed by atoms with Crippen molar-refractivity contribution >= 4 is 6.03 Å². The van der Waals surface area contributed by atoms with Gasteiger partial charge in [0.05, 0.1) is 12.2 Å². The summed E-state index contributed by atoms with van der Waals surface area (Å²) in [6.07, 6.45) is 3.86. The molecule has 21 heavy (non-hydrogen) atoms.